The zero-order chi connectivity index (χ0) is 9.68. The first kappa shape index (κ1) is 8.76. The molecule has 0 unspecified atom stereocenters. The average Bonchev–Trinajstić information content (AvgIpc) is 2.15. The zero-order valence-electron chi connectivity index (χ0n) is 6.48. The number of pyridine rings is 1. The van der Waals surface area contributed by atoms with Crippen molar-refractivity contribution in [3.05, 3.63) is 29.6 Å². The molecular formula is C9H4N2O2. The fraction of sp³-hybridized carbons (Fsp3) is 0. The van der Waals surface area contributed by atoms with Crippen molar-refractivity contribution >= 4 is 5.97 Å². The Hall–Kier alpha value is -2.33. The van der Waals surface area contributed by atoms with Gasteiger partial charge in [-0.15, -0.1) is 0 Å². The molecule has 1 heterocycles. The number of hydrogen-bond acceptors (Lipinski definition) is 3. The lowest BCUT2D eigenvalue weighted by Gasteiger charge is -1.88. The van der Waals surface area contributed by atoms with Gasteiger partial charge in [0.05, 0.1) is 5.56 Å². The molecule has 0 aromatic carbocycles. The smallest absolute Gasteiger partial charge is 0.382 e. The number of aromatic nitrogens is 1. The number of nitrogens with zero attached hydrogens (tertiary/aromatic N) is 2. The fourth-order valence-corrected chi connectivity index (χ4v) is 0.695. The number of nitriles is 1. The Labute approximate surface area is 74.5 Å². The first-order valence-corrected chi connectivity index (χ1v) is 3.32. The zero-order valence-corrected chi connectivity index (χ0v) is 6.48. The van der Waals surface area contributed by atoms with Gasteiger partial charge in [0.15, 0.2) is 0 Å². The van der Waals surface area contributed by atoms with Crippen LogP contribution in [0.15, 0.2) is 18.5 Å². The molecule has 1 aromatic rings. The van der Waals surface area contributed by atoms with Gasteiger partial charge in [-0.2, -0.15) is 5.26 Å². The highest BCUT2D eigenvalue weighted by Crippen LogP contribution is 1.98. The van der Waals surface area contributed by atoms with Gasteiger partial charge >= 0.3 is 5.97 Å². The van der Waals surface area contributed by atoms with Crippen LogP contribution >= 0.6 is 0 Å². The van der Waals surface area contributed by atoms with E-state index in [4.69, 9.17) is 10.4 Å². The van der Waals surface area contributed by atoms with Crippen molar-refractivity contribution in [1.82, 2.24) is 4.98 Å². The van der Waals surface area contributed by atoms with E-state index in [2.05, 4.69) is 10.9 Å². The summed E-state index contributed by atoms with van der Waals surface area (Å²) in [5, 5.41) is 16.7. The Morgan fingerprint density at radius 1 is 1.46 bits per heavy atom. The molecule has 13 heavy (non-hydrogen) atoms. The summed E-state index contributed by atoms with van der Waals surface area (Å²) in [4.78, 5) is 13.8. The highest BCUT2D eigenvalue weighted by Gasteiger charge is 1.92. The minimum absolute atomic E-state index is 0.359. The third-order valence-electron chi connectivity index (χ3n) is 1.18. The molecule has 0 bridgehead atoms. The van der Waals surface area contributed by atoms with Crippen LogP contribution in [0.25, 0.3) is 0 Å². The van der Waals surface area contributed by atoms with E-state index in [-0.39, 0.29) is 0 Å². The summed E-state index contributed by atoms with van der Waals surface area (Å²) in [7, 11) is 0. The highest BCUT2D eigenvalue weighted by molar-refractivity contribution is 5.87. The first-order chi connectivity index (χ1) is 6.22. The normalized spacial score (nSPS) is 7.92. The molecule has 0 spiro atoms. The maximum atomic E-state index is 10.1. The minimum Gasteiger partial charge on any atom is -0.472 e. The summed E-state index contributed by atoms with van der Waals surface area (Å²) < 4.78 is 0. The van der Waals surface area contributed by atoms with Crippen LogP contribution in [0.2, 0.25) is 0 Å². The number of carbonyl (C=O) groups is 1. The first-order valence-electron chi connectivity index (χ1n) is 3.32. The Balaban J connectivity index is 3.00. The highest BCUT2D eigenvalue weighted by atomic mass is 16.4. The molecule has 0 aliphatic rings. The molecule has 1 aromatic heterocycles. The maximum Gasteiger partial charge on any atom is 0.382 e. The van der Waals surface area contributed by atoms with Crippen LogP contribution in [0.1, 0.15) is 11.1 Å². The second-order valence-corrected chi connectivity index (χ2v) is 2.13. The third kappa shape index (κ3) is 2.64. The Kier molecular flexibility index (Phi) is 2.62. The standard InChI is InChI=1S/C9H4N2O2/c10-4-8-3-7(5-11-6-8)1-2-9(12)13/h3,5-6H,(H,12,13). The van der Waals surface area contributed by atoms with E-state index in [0.717, 1.165) is 0 Å². The molecule has 0 atom stereocenters. The molecule has 0 saturated heterocycles. The minimum atomic E-state index is -1.21. The molecule has 1 N–H and O–H groups in total. The SMILES string of the molecule is N#Cc1cncc(C#CC(=O)O)c1. The van der Waals surface area contributed by atoms with Crippen LogP contribution in [-0.4, -0.2) is 16.1 Å². The molecule has 0 aliphatic carbocycles. The molecule has 62 valence electrons. The van der Waals surface area contributed by atoms with E-state index in [9.17, 15) is 4.79 Å². The van der Waals surface area contributed by atoms with Crippen molar-refractivity contribution in [2.45, 2.75) is 0 Å². The fourth-order valence-electron chi connectivity index (χ4n) is 0.695. The average molecular weight is 172 g/mol. The summed E-state index contributed by atoms with van der Waals surface area (Å²) in [5.41, 5.74) is 0.777. The largest absolute Gasteiger partial charge is 0.472 e. The van der Waals surface area contributed by atoms with Gasteiger partial charge in [0.25, 0.3) is 0 Å². The van der Waals surface area contributed by atoms with Gasteiger partial charge < -0.3 is 5.11 Å². The van der Waals surface area contributed by atoms with E-state index in [1.807, 2.05) is 12.0 Å². The van der Waals surface area contributed by atoms with E-state index in [1.54, 1.807) is 0 Å². The van der Waals surface area contributed by atoms with Crippen LogP contribution < -0.4 is 0 Å². The van der Waals surface area contributed by atoms with Crippen molar-refractivity contribution in [2.75, 3.05) is 0 Å². The topological polar surface area (TPSA) is 74.0 Å². The van der Waals surface area contributed by atoms with Gasteiger partial charge in [0.1, 0.15) is 6.07 Å². The van der Waals surface area contributed by atoms with Crippen molar-refractivity contribution < 1.29 is 9.90 Å². The second kappa shape index (κ2) is 3.89. The van der Waals surface area contributed by atoms with Gasteiger partial charge in [0, 0.05) is 23.9 Å². The lowest BCUT2D eigenvalue weighted by Crippen LogP contribution is -1.88. The van der Waals surface area contributed by atoms with E-state index in [0.29, 0.717) is 11.1 Å². The van der Waals surface area contributed by atoms with Gasteiger partial charge in [-0.05, 0) is 6.07 Å². The Morgan fingerprint density at radius 2 is 2.15 bits per heavy atom. The number of carboxylic acids is 1. The predicted octanol–water partition coefficient (Wildman–Crippen LogP) is 0.389. The van der Waals surface area contributed by atoms with Crippen molar-refractivity contribution in [3.63, 3.8) is 0 Å². The second-order valence-electron chi connectivity index (χ2n) is 2.13. The summed E-state index contributed by atoms with van der Waals surface area (Å²) >= 11 is 0. The number of hydrogen-bond donors (Lipinski definition) is 1. The third-order valence-corrected chi connectivity index (χ3v) is 1.18. The van der Waals surface area contributed by atoms with Gasteiger partial charge in [-0.3, -0.25) is 4.98 Å². The van der Waals surface area contributed by atoms with Crippen LogP contribution in [0.3, 0.4) is 0 Å². The molecule has 4 nitrogen and oxygen atoms in total. The quantitative estimate of drug-likeness (QED) is 0.574. The summed E-state index contributed by atoms with van der Waals surface area (Å²) in [5.74, 6) is 3.08. The van der Waals surface area contributed by atoms with Gasteiger partial charge in [0.2, 0.25) is 0 Å². The van der Waals surface area contributed by atoms with Gasteiger partial charge in [-0.25, -0.2) is 4.79 Å². The molecular weight excluding hydrogens is 168 g/mol. The van der Waals surface area contributed by atoms with Crippen LogP contribution in [0.4, 0.5) is 0 Å². The molecule has 0 saturated carbocycles. The van der Waals surface area contributed by atoms with Crippen molar-refractivity contribution in [2.24, 2.45) is 0 Å². The lowest BCUT2D eigenvalue weighted by atomic mass is 10.2. The van der Waals surface area contributed by atoms with Gasteiger partial charge in [-0.1, -0.05) is 5.92 Å². The molecule has 0 radical (unpaired) electrons. The Bertz CT molecular complexity index is 435. The van der Waals surface area contributed by atoms with Crippen molar-refractivity contribution in [1.29, 1.82) is 5.26 Å². The van der Waals surface area contributed by atoms with Crippen molar-refractivity contribution in [3.8, 4) is 17.9 Å². The molecule has 0 fully saturated rings. The van der Waals surface area contributed by atoms with Crippen LogP contribution in [-0.2, 0) is 4.79 Å². The maximum absolute atomic E-state index is 10.1. The lowest BCUT2D eigenvalue weighted by molar-refractivity contribution is -0.130. The number of rotatable bonds is 0. The van der Waals surface area contributed by atoms with E-state index in [1.165, 1.54) is 18.5 Å². The van der Waals surface area contributed by atoms with Crippen LogP contribution in [0, 0.1) is 23.2 Å². The van der Waals surface area contributed by atoms with E-state index >= 15 is 0 Å². The Morgan fingerprint density at radius 3 is 2.77 bits per heavy atom. The molecule has 0 aliphatic heterocycles. The van der Waals surface area contributed by atoms with Crippen LogP contribution in [0.5, 0.6) is 0 Å². The summed E-state index contributed by atoms with van der Waals surface area (Å²) in [6, 6.07) is 3.35. The number of aliphatic carboxylic acids is 1. The monoisotopic (exact) mass is 172 g/mol. The molecule has 1 rings (SSSR count). The summed E-state index contributed by atoms with van der Waals surface area (Å²) in [6.45, 7) is 0. The molecule has 4 heteroatoms. The van der Waals surface area contributed by atoms with E-state index < -0.39 is 5.97 Å². The summed E-state index contributed by atoms with van der Waals surface area (Å²) in [6.07, 6.45) is 2.78. The molecule has 0 amide bonds. The number of carboxylic acid groups (broad SMARTS) is 1. The predicted molar refractivity (Wildman–Crippen MR) is 43.5 cm³/mol.